The van der Waals surface area contributed by atoms with Gasteiger partial charge in [-0.05, 0) is 29.8 Å². The van der Waals surface area contributed by atoms with E-state index < -0.39 is 5.82 Å². The molecule has 2 aromatic carbocycles. The molecule has 0 bridgehead atoms. The molecule has 0 aliphatic carbocycles. The number of phenolic OH excluding ortho intramolecular Hbond substituents is 1. The van der Waals surface area contributed by atoms with Gasteiger partial charge in [-0.3, -0.25) is 0 Å². The van der Waals surface area contributed by atoms with Crippen LogP contribution in [0, 0.1) is 5.82 Å². The summed E-state index contributed by atoms with van der Waals surface area (Å²) in [7, 11) is 1.56. The van der Waals surface area contributed by atoms with Crippen molar-refractivity contribution in [2.45, 2.75) is 6.54 Å². The second kappa shape index (κ2) is 6.60. The number of aliphatic imine (C=N–C) groups is 1. The molecule has 0 radical (unpaired) electrons. The molecule has 2 aromatic rings. The van der Waals surface area contributed by atoms with Crippen LogP contribution in [0.1, 0.15) is 5.56 Å². The minimum Gasteiger partial charge on any atom is -0.505 e. The first-order valence-corrected chi connectivity index (χ1v) is 6.27. The molecule has 6 heteroatoms. The summed E-state index contributed by atoms with van der Waals surface area (Å²) in [5.41, 5.74) is 7.08. The molecule has 110 valence electrons. The number of hydrogen-bond acceptors (Lipinski definition) is 3. The number of aromatic hydroxyl groups is 1. The average molecular weight is 289 g/mol. The van der Waals surface area contributed by atoms with Gasteiger partial charge in [-0.15, -0.1) is 0 Å². The quantitative estimate of drug-likeness (QED) is 0.596. The van der Waals surface area contributed by atoms with E-state index in [1.54, 1.807) is 25.3 Å². The Morgan fingerprint density at radius 2 is 2.10 bits per heavy atom. The Hall–Kier alpha value is -2.76. The number of ether oxygens (including phenoxy) is 1. The minimum absolute atomic E-state index is 0.188. The average Bonchev–Trinajstić information content (AvgIpc) is 2.49. The summed E-state index contributed by atoms with van der Waals surface area (Å²) in [6.45, 7) is 0.200. The Morgan fingerprint density at radius 1 is 1.33 bits per heavy atom. The normalized spacial score (nSPS) is 11.2. The predicted molar refractivity (Wildman–Crippen MR) is 80.0 cm³/mol. The van der Waals surface area contributed by atoms with E-state index in [2.05, 4.69) is 10.3 Å². The fourth-order valence-electron chi connectivity index (χ4n) is 1.75. The monoisotopic (exact) mass is 289 g/mol. The largest absolute Gasteiger partial charge is 0.505 e. The van der Waals surface area contributed by atoms with Gasteiger partial charge in [0.05, 0.1) is 19.3 Å². The van der Waals surface area contributed by atoms with Crippen molar-refractivity contribution >= 4 is 11.6 Å². The maximum Gasteiger partial charge on any atom is 0.193 e. The summed E-state index contributed by atoms with van der Waals surface area (Å²) in [6.07, 6.45) is 0. The number of para-hydroxylation sites is 2. The molecule has 0 saturated carbocycles. The Bertz CT molecular complexity index is 659. The van der Waals surface area contributed by atoms with E-state index in [1.165, 1.54) is 12.1 Å². The highest BCUT2D eigenvalue weighted by Gasteiger charge is 2.03. The maximum atomic E-state index is 13.2. The zero-order valence-electron chi connectivity index (χ0n) is 11.5. The van der Waals surface area contributed by atoms with Crippen molar-refractivity contribution in [1.29, 1.82) is 0 Å². The zero-order chi connectivity index (χ0) is 15.2. The molecule has 0 heterocycles. The number of methoxy groups -OCH3 is 1. The molecule has 0 fully saturated rings. The van der Waals surface area contributed by atoms with E-state index in [1.807, 2.05) is 12.1 Å². The van der Waals surface area contributed by atoms with Gasteiger partial charge in [0.15, 0.2) is 17.5 Å². The molecule has 0 amide bonds. The van der Waals surface area contributed by atoms with Crippen LogP contribution in [0.15, 0.2) is 47.5 Å². The van der Waals surface area contributed by atoms with Gasteiger partial charge >= 0.3 is 0 Å². The van der Waals surface area contributed by atoms with Crippen molar-refractivity contribution in [3.05, 3.63) is 53.8 Å². The van der Waals surface area contributed by atoms with Crippen molar-refractivity contribution in [1.82, 2.24) is 0 Å². The van der Waals surface area contributed by atoms with Crippen LogP contribution in [-0.4, -0.2) is 18.2 Å². The molecule has 5 nitrogen and oxygen atoms in total. The van der Waals surface area contributed by atoms with E-state index >= 15 is 0 Å². The van der Waals surface area contributed by atoms with Crippen LogP contribution < -0.4 is 15.8 Å². The lowest BCUT2D eigenvalue weighted by Gasteiger charge is -2.10. The van der Waals surface area contributed by atoms with Gasteiger partial charge in [0, 0.05) is 0 Å². The number of anilines is 1. The highest BCUT2D eigenvalue weighted by Crippen LogP contribution is 2.22. The molecule has 0 unspecified atom stereocenters. The zero-order valence-corrected chi connectivity index (χ0v) is 11.5. The third-order valence-electron chi connectivity index (χ3n) is 2.81. The summed E-state index contributed by atoms with van der Waals surface area (Å²) in [5, 5.41) is 12.0. The summed E-state index contributed by atoms with van der Waals surface area (Å²) in [5.74, 6) is -0.235. The summed E-state index contributed by atoms with van der Waals surface area (Å²) >= 11 is 0. The van der Waals surface area contributed by atoms with Crippen molar-refractivity contribution in [2.75, 3.05) is 12.4 Å². The van der Waals surface area contributed by atoms with Crippen molar-refractivity contribution in [2.24, 2.45) is 10.7 Å². The van der Waals surface area contributed by atoms with Gasteiger partial charge in [0.1, 0.15) is 5.75 Å². The molecular formula is C15H16FN3O2. The van der Waals surface area contributed by atoms with E-state index in [9.17, 15) is 4.39 Å². The van der Waals surface area contributed by atoms with Crippen LogP contribution in [0.4, 0.5) is 10.1 Å². The van der Waals surface area contributed by atoms with Gasteiger partial charge < -0.3 is 20.9 Å². The lowest BCUT2D eigenvalue weighted by Crippen LogP contribution is -2.22. The van der Waals surface area contributed by atoms with Gasteiger partial charge in [-0.25, -0.2) is 9.38 Å². The van der Waals surface area contributed by atoms with Gasteiger partial charge in [-0.1, -0.05) is 18.2 Å². The fourth-order valence-corrected chi connectivity index (χ4v) is 1.75. The number of phenols is 1. The summed E-state index contributed by atoms with van der Waals surface area (Å²) < 4.78 is 18.4. The van der Waals surface area contributed by atoms with Crippen LogP contribution >= 0.6 is 0 Å². The molecule has 21 heavy (non-hydrogen) atoms. The number of halogens is 1. The number of rotatable bonds is 4. The number of nitrogens with one attached hydrogen (secondary N) is 1. The fraction of sp³-hybridized carbons (Fsp3) is 0.133. The topological polar surface area (TPSA) is 79.9 Å². The third-order valence-corrected chi connectivity index (χ3v) is 2.81. The molecule has 4 N–H and O–H groups in total. The van der Waals surface area contributed by atoms with Crippen LogP contribution in [-0.2, 0) is 6.54 Å². The van der Waals surface area contributed by atoms with E-state index in [0.29, 0.717) is 17.0 Å². The predicted octanol–water partition coefficient (Wildman–Crippen LogP) is 2.47. The molecule has 0 aromatic heterocycles. The second-order valence-electron chi connectivity index (χ2n) is 4.31. The number of guanidine groups is 1. The minimum atomic E-state index is -0.682. The van der Waals surface area contributed by atoms with Crippen molar-refractivity contribution in [3.8, 4) is 11.5 Å². The molecule has 2 rings (SSSR count). The molecule has 0 spiro atoms. The Morgan fingerprint density at radius 3 is 2.81 bits per heavy atom. The maximum absolute atomic E-state index is 13.2. The first-order chi connectivity index (χ1) is 10.1. The van der Waals surface area contributed by atoms with Crippen LogP contribution in [0.25, 0.3) is 0 Å². The Balaban J connectivity index is 2.05. The number of hydrogen-bond donors (Lipinski definition) is 3. The lowest BCUT2D eigenvalue weighted by molar-refractivity contribution is 0.417. The highest BCUT2D eigenvalue weighted by atomic mass is 19.1. The van der Waals surface area contributed by atoms with E-state index in [-0.39, 0.29) is 18.3 Å². The number of nitrogens with zero attached hydrogens (tertiary/aromatic N) is 1. The van der Waals surface area contributed by atoms with Gasteiger partial charge in [0.25, 0.3) is 0 Å². The summed E-state index contributed by atoms with van der Waals surface area (Å²) in [4.78, 5) is 4.12. The number of benzene rings is 2. The molecule has 0 aliphatic rings. The van der Waals surface area contributed by atoms with Gasteiger partial charge in [0.2, 0.25) is 0 Å². The Kier molecular flexibility index (Phi) is 4.61. The smallest absolute Gasteiger partial charge is 0.193 e. The molecular weight excluding hydrogens is 273 g/mol. The lowest BCUT2D eigenvalue weighted by atomic mass is 10.2. The van der Waals surface area contributed by atoms with Crippen LogP contribution in [0.5, 0.6) is 11.5 Å². The second-order valence-corrected chi connectivity index (χ2v) is 4.31. The first-order valence-electron chi connectivity index (χ1n) is 6.27. The van der Waals surface area contributed by atoms with Crippen molar-refractivity contribution in [3.63, 3.8) is 0 Å². The van der Waals surface area contributed by atoms with Crippen molar-refractivity contribution < 1.29 is 14.2 Å². The highest BCUT2D eigenvalue weighted by molar-refractivity contribution is 5.93. The summed E-state index contributed by atoms with van der Waals surface area (Å²) in [6, 6.07) is 11.4. The SMILES string of the molecule is COc1ccccc1NC(N)=NCc1ccc(O)c(F)c1. The molecule has 0 atom stereocenters. The molecule has 0 aliphatic heterocycles. The Labute approximate surface area is 121 Å². The van der Waals surface area contributed by atoms with Crippen LogP contribution in [0.3, 0.4) is 0 Å². The first kappa shape index (κ1) is 14.6. The number of nitrogens with two attached hydrogens (primary N) is 1. The molecule has 0 saturated heterocycles. The van der Waals surface area contributed by atoms with Crippen LogP contribution in [0.2, 0.25) is 0 Å². The van der Waals surface area contributed by atoms with Gasteiger partial charge in [-0.2, -0.15) is 0 Å². The third kappa shape index (κ3) is 3.85. The van der Waals surface area contributed by atoms with E-state index in [4.69, 9.17) is 15.6 Å². The standard InChI is InChI=1S/C15H16FN3O2/c1-21-14-5-3-2-4-12(14)19-15(17)18-9-10-6-7-13(20)11(16)8-10/h2-8,20H,9H2,1H3,(H3,17,18,19). The van der Waals surface area contributed by atoms with E-state index in [0.717, 1.165) is 0 Å².